The number of benzene rings is 2. The van der Waals surface area contributed by atoms with Crippen LogP contribution in [-0.2, 0) is 0 Å². The van der Waals surface area contributed by atoms with Gasteiger partial charge in [0.05, 0.1) is 0 Å². The molecule has 0 spiro atoms. The average Bonchev–Trinajstić information content (AvgIpc) is 2.55. The summed E-state index contributed by atoms with van der Waals surface area (Å²) in [6.45, 7) is 2.84. The molecule has 0 unspecified atom stereocenters. The molecule has 3 rings (SSSR count). The van der Waals surface area contributed by atoms with Crippen LogP contribution in [0.25, 0.3) is 11.1 Å². The normalized spacial score (nSPS) is 12.5. The van der Waals surface area contributed by atoms with Gasteiger partial charge in [-0.25, -0.2) is 0 Å². The van der Waals surface area contributed by atoms with E-state index in [-0.39, 0.29) is 0 Å². The molecule has 0 bridgehead atoms. The van der Waals surface area contributed by atoms with E-state index in [1.807, 2.05) is 0 Å². The van der Waals surface area contributed by atoms with Crippen molar-refractivity contribution in [3.63, 3.8) is 0 Å². The molecule has 0 radical (unpaired) electrons. The molecule has 2 aromatic rings. The van der Waals surface area contributed by atoms with Crippen molar-refractivity contribution in [2.75, 3.05) is 0 Å². The number of hydrogen-bond donors (Lipinski definition) is 0. The Morgan fingerprint density at radius 3 is 1.64 bits per heavy atom. The summed E-state index contributed by atoms with van der Waals surface area (Å²) in [6.07, 6.45) is 0. The number of hydrogen-bond acceptors (Lipinski definition) is 0. The van der Waals surface area contributed by atoms with E-state index < -0.39 is 0 Å². The maximum atomic E-state index is 2.28. The predicted octanol–water partition coefficient (Wildman–Crippen LogP) is 1.91. The summed E-state index contributed by atoms with van der Waals surface area (Å²) >= 11 is 0. The average molecular weight is 178 g/mol. The molecule has 0 aliphatic carbocycles. The minimum Gasteiger partial charge on any atom is -0.0774 e. The smallest absolute Gasteiger partial charge is 0.0774 e. The Balaban J connectivity index is 2.36. The van der Waals surface area contributed by atoms with Crippen LogP contribution in [0.3, 0.4) is 0 Å². The number of rotatable bonds is 0. The van der Waals surface area contributed by atoms with Gasteiger partial charge in [0.25, 0.3) is 0 Å². The van der Waals surface area contributed by atoms with E-state index in [1.165, 1.54) is 22.1 Å². The Morgan fingerprint density at radius 2 is 1.14 bits per heavy atom. The third kappa shape index (κ3) is 0.898. The Labute approximate surface area is 84.7 Å². The fraction of sp³-hybridized carbons (Fsp3) is 0.0769. The zero-order chi connectivity index (χ0) is 9.54. The van der Waals surface area contributed by atoms with E-state index in [9.17, 15) is 0 Å². The first-order chi connectivity index (χ1) is 6.88. The molecular weight excluding hydrogens is 167 g/mol. The summed E-state index contributed by atoms with van der Waals surface area (Å²) in [5.74, 6) is 0. The molecule has 1 aliphatic rings. The van der Waals surface area contributed by atoms with Gasteiger partial charge >= 0.3 is 0 Å². The zero-order valence-corrected chi connectivity index (χ0v) is 8.20. The summed E-state index contributed by atoms with van der Waals surface area (Å²) in [6, 6.07) is 17.4. The van der Waals surface area contributed by atoms with Crippen LogP contribution in [0.15, 0.2) is 48.5 Å². The van der Waals surface area contributed by atoms with Crippen LogP contribution in [0.4, 0.5) is 0 Å². The van der Waals surface area contributed by atoms with Gasteiger partial charge in [-0.15, -0.1) is 0 Å². The minimum atomic E-state index is 0.558. The van der Waals surface area contributed by atoms with Gasteiger partial charge in [-0.2, -0.15) is 0 Å². The molecule has 0 aromatic heterocycles. The molecule has 0 saturated heterocycles. The second-order valence-corrected chi connectivity index (χ2v) is 3.90. The molecule has 0 amide bonds. The molecule has 0 atom stereocenters. The second-order valence-electron chi connectivity index (χ2n) is 3.90. The molecule has 0 N–H and O–H groups in total. The lowest BCUT2D eigenvalue weighted by Gasteiger charge is -2.00. The van der Waals surface area contributed by atoms with Crippen molar-refractivity contribution in [2.45, 2.75) is 6.82 Å². The maximum absolute atomic E-state index is 2.28. The van der Waals surface area contributed by atoms with Gasteiger partial charge < -0.3 is 0 Å². The highest BCUT2D eigenvalue weighted by molar-refractivity contribution is 6.88. The molecule has 1 heteroatoms. The van der Waals surface area contributed by atoms with Crippen LogP contribution in [0.5, 0.6) is 0 Å². The lowest BCUT2D eigenvalue weighted by atomic mass is 9.45. The van der Waals surface area contributed by atoms with E-state index in [4.69, 9.17) is 0 Å². The van der Waals surface area contributed by atoms with E-state index in [0.717, 1.165) is 0 Å². The lowest BCUT2D eigenvalue weighted by molar-refractivity contribution is 1.71. The zero-order valence-electron chi connectivity index (χ0n) is 8.20. The third-order valence-electron chi connectivity index (χ3n) is 3.14. The number of fused-ring (bicyclic) bond motifs is 3. The summed E-state index contributed by atoms with van der Waals surface area (Å²) in [5.41, 5.74) is 5.76. The molecule has 14 heavy (non-hydrogen) atoms. The van der Waals surface area contributed by atoms with E-state index in [2.05, 4.69) is 55.4 Å². The van der Waals surface area contributed by atoms with Crippen LogP contribution in [0, 0.1) is 0 Å². The van der Waals surface area contributed by atoms with E-state index in [0.29, 0.717) is 6.71 Å². The summed E-state index contributed by atoms with van der Waals surface area (Å²) in [7, 11) is 0. The second kappa shape index (κ2) is 2.75. The van der Waals surface area contributed by atoms with Crippen molar-refractivity contribution in [3.8, 4) is 11.1 Å². The van der Waals surface area contributed by atoms with Gasteiger partial charge in [0, 0.05) is 0 Å². The predicted molar refractivity (Wildman–Crippen MR) is 62.8 cm³/mol. The van der Waals surface area contributed by atoms with Gasteiger partial charge in [-0.05, 0) is 11.1 Å². The Bertz CT molecular complexity index is 443. The fourth-order valence-electron chi connectivity index (χ4n) is 2.41. The largest absolute Gasteiger partial charge is 0.207 e. The first kappa shape index (κ1) is 7.87. The molecule has 2 aromatic carbocycles. The van der Waals surface area contributed by atoms with Crippen LogP contribution >= 0.6 is 0 Å². The van der Waals surface area contributed by atoms with E-state index >= 15 is 0 Å². The molecule has 66 valence electrons. The first-order valence-electron chi connectivity index (χ1n) is 5.06. The Kier molecular flexibility index (Phi) is 1.54. The Hall–Kier alpha value is -1.50. The van der Waals surface area contributed by atoms with Crippen LogP contribution in [-0.4, -0.2) is 6.71 Å². The molecule has 1 aliphatic heterocycles. The topological polar surface area (TPSA) is 0 Å². The van der Waals surface area contributed by atoms with Crippen LogP contribution in [0.2, 0.25) is 6.82 Å². The summed E-state index contributed by atoms with van der Waals surface area (Å²) in [4.78, 5) is 0. The van der Waals surface area contributed by atoms with Crippen molar-refractivity contribution in [1.29, 1.82) is 0 Å². The first-order valence-corrected chi connectivity index (χ1v) is 5.06. The van der Waals surface area contributed by atoms with Crippen molar-refractivity contribution in [2.24, 2.45) is 0 Å². The van der Waals surface area contributed by atoms with Crippen LogP contribution in [0.1, 0.15) is 0 Å². The summed E-state index contributed by atoms with van der Waals surface area (Å²) in [5, 5.41) is 0. The lowest BCUT2D eigenvalue weighted by Crippen LogP contribution is -2.34. The van der Waals surface area contributed by atoms with Gasteiger partial charge in [0.1, 0.15) is 0 Å². The van der Waals surface area contributed by atoms with Crippen molar-refractivity contribution >= 4 is 17.6 Å². The highest BCUT2D eigenvalue weighted by Crippen LogP contribution is 2.21. The van der Waals surface area contributed by atoms with Crippen molar-refractivity contribution in [3.05, 3.63) is 48.5 Å². The standard InChI is InChI=1S/C13H11B/c1-14-12-8-4-2-6-10(12)11-7-3-5-9-13(11)14/h2-9H,1H3. The SMILES string of the molecule is CB1c2ccccc2-c2ccccc21. The van der Waals surface area contributed by atoms with Crippen molar-refractivity contribution in [1.82, 2.24) is 0 Å². The molecular formula is C13H11B. The third-order valence-corrected chi connectivity index (χ3v) is 3.14. The quantitative estimate of drug-likeness (QED) is 0.540. The van der Waals surface area contributed by atoms with Gasteiger partial charge in [-0.1, -0.05) is 66.3 Å². The highest BCUT2D eigenvalue weighted by Gasteiger charge is 2.26. The van der Waals surface area contributed by atoms with E-state index in [1.54, 1.807) is 0 Å². The van der Waals surface area contributed by atoms with Gasteiger partial charge in [0.15, 0.2) is 0 Å². The fourth-order valence-corrected chi connectivity index (χ4v) is 2.41. The molecule has 1 heterocycles. The monoisotopic (exact) mass is 178 g/mol. The highest BCUT2D eigenvalue weighted by atomic mass is 14.1. The minimum absolute atomic E-state index is 0.558. The van der Waals surface area contributed by atoms with Gasteiger partial charge in [0.2, 0.25) is 6.71 Å². The maximum Gasteiger partial charge on any atom is 0.207 e. The molecule has 0 nitrogen and oxygen atoms in total. The van der Waals surface area contributed by atoms with Gasteiger partial charge in [-0.3, -0.25) is 0 Å². The summed E-state index contributed by atoms with van der Waals surface area (Å²) < 4.78 is 0. The Morgan fingerprint density at radius 1 is 0.714 bits per heavy atom. The molecule has 0 fully saturated rings. The van der Waals surface area contributed by atoms with Crippen molar-refractivity contribution < 1.29 is 0 Å². The van der Waals surface area contributed by atoms with Crippen LogP contribution < -0.4 is 10.9 Å². The molecule has 0 saturated carbocycles.